The van der Waals surface area contributed by atoms with E-state index < -0.39 is 14.9 Å². The van der Waals surface area contributed by atoms with Crippen molar-refractivity contribution in [2.24, 2.45) is 0 Å². The molecule has 1 fully saturated rings. The molecule has 8 heteroatoms. The van der Waals surface area contributed by atoms with Crippen LogP contribution in [0.25, 0.3) is 0 Å². The number of nitro benzene ring substituents is 1. The van der Waals surface area contributed by atoms with E-state index in [2.05, 4.69) is 4.72 Å². The SMILES string of the molecule is Cc1ccc([N+](=O)[O-])cc1S(=O)(=O)NCC[C@@H]1CCCO1. The van der Waals surface area contributed by atoms with Crippen LogP contribution >= 0.6 is 0 Å². The molecule has 21 heavy (non-hydrogen) atoms. The van der Waals surface area contributed by atoms with Crippen molar-refractivity contribution in [1.82, 2.24) is 4.72 Å². The van der Waals surface area contributed by atoms with E-state index in [1.54, 1.807) is 6.92 Å². The number of non-ortho nitro benzene ring substituents is 1. The van der Waals surface area contributed by atoms with Crippen molar-refractivity contribution < 1.29 is 18.1 Å². The number of benzene rings is 1. The van der Waals surface area contributed by atoms with Gasteiger partial charge in [0.05, 0.1) is 15.9 Å². The standard InChI is InChI=1S/C13H18N2O5S/c1-10-4-5-11(15(16)17)9-13(10)21(18,19)14-7-6-12-3-2-8-20-12/h4-5,9,12,14H,2-3,6-8H2,1H3/t12-/m0/s1. The van der Waals surface area contributed by atoms with E-state index in [1.807, 2.05) is 0 Å². The fourth-order valence-corrected chi connectivity index (χ4v) is 3.61. The molecule has 0 amide bonds. The van der Waals surface area contributed by atoms with Gasteiger partial charge in [0.2, 0.25) is 10.0 Å². The maximum absolute atomic E-state index is 12.2. The lowest BCUT2D eigenvalue weighted by Gasteiger charge is -2.11. The number of hydrogen-bond donors (Lipinski definition) is 1. The minimum absolute atomic E-state index is 0.0518. The third-order valence-electron chi connectivity index (χ3n) is 3.45. The van der Waals surface area contributed by atoms with E-state index in [0.29, 0.717) is 12.0 Å². The molecule has 0 saturated carbocycles. The van der Waals surface area contributed by atoms with Crippen molar-refractivity contribution in [2.75, 3.05) is 13.2 Å². The summed E-state index contributed by atoms with van der Waals surface area (Å²) in [5, 5.41) is 10.8. The van der Waals surface area contributed by atoms with Gasteiger partial charge in [-0.15, -0.1) is 0 Å². The molecule has 7 nitrogen and oxygen atoms in total. The van der Waals surface area contributed by atoms with Crippen LogP contribution in [-0.4, -0.2) is 32.6 Å². The molecule has 1 atom stereocenters. The molecule has 1 aromatic rings. The highest BCUT2D eigenvalue weighted by atomic mass is 32.2. The smallest absolute Gasteiger partial charge is 0.270 e. The molecular weight excluding hydrogens is 296 g/mol. The maximum atomic E-state index is 12.2. The van der Waals surface area contributed by atoms with E-state index in [0.717, 1.165) is 25.5 Å². The van der Waals surface area contributed by atoms with Gasteiger partial charge < -0.3 is 4.74 Å². The second kappa shape index (κ2) is 6.50. The van der Waals surface area contributed by atoms with E-state index in [4.69, 9.17) is 4.74 Å². The van der Waals surface area contributed by atoms with Crippen LogP contribution in [0.5, 0.6) is 0 Å². The topological polar surface area (TPSA) is 98.5 Å². The first-order chi connectivity index (χ1) is 9.90. The van der Waals surface area contributed by atoms with Crippen LogP contribution in [0.2, 0.25) is 0 Å². The Balaban J connectivity index is 2.07. The highest BCUT2D eigenvalue weighted by Gasteiger charge is 2.21. The highest BCUT2D eigenvalue weighted by Crippen LogP contribution is 2.22. The molecule has 1 aromatic carbocycles. The summed E-state index contributed by atoms with van der Waals surface area (Å²) in [6.45, 7) is 2.59. The van der Waals surface area contributed by atoms with E-state index >= 15 is 0 Å². The molecule has 116 valence electrons. The van der Waals surface area contributed by atoms with Crippen LogP contribution in [0.4, 0.5) is 5.69 Å². The predicted molar refractivity (Wildman–Crippen MR) is 76.6 cm³/mol. The van der Waals surface area contributed by atoms with Crippen LogP contribution in [-0.2, 0) is 14.8 Å². The number of rotatable bonds is 6. The number of ether oxygens (including phenoxy) is 1. The van der Waals surface area contributed by atoms with Gasteiger partial charge in [0.1, 0.15) is 0 Å². The van der Waals surface area contributed by atoms with Crippen molar-refractivity contribution in [3.63, 3.8) is 0 Å². The molecule has 1 N–H and O–H groups in total. The lowest BCUT2D eigenvalue weighted by Crippen LogP contribution is -2.27. The summed E-state index contributed by atoms with van der Waals surface area (Å²) < 4.78 is 32.4. The Morgan fingerprint density at radius 1 is 1.48 bits per heavy atom. The summed E-state index contributed by atoms with van der Waals surface area (Å²) in [5.74, 6) is 0. The van der Waals surface area contributed by atoms with Crippen LogP contribution in [0.15, 0.2) is 23.1 Å². The minimum Gasteiger partial charge on any atom is -0.378 e. The largest absolute Gasteiger partial charge is 0.378 e. The average Bonchev–Trinajstić information content (AvgIpc) is 2.91. The number of nitrogens with zero attached hydrogens (tertiary/aromatic N) is 1. The molecule has 0 unspecified atom stereocenters. The Kier molecular flexibility index (Phi) is 4.92. The van der Waals surface area contributed by atoms with Gasteiger partial charge in [-0.2, -0.15) is 0 Å². The Hall–Kier alpha value is -1.51. The Labute approximate surface area is 123 Å². The molecular formula is C13H18N2O5S. The predicted octanol–water partition coefficient (Wildman–Crippen LogP) is 1.75. The zero-order valence-corrected chi connectivity index (χ0v) is 12.6. The second-order valence-corrected chi connectivity index (χ2v) is 6.76. The second-order valence-electron chi connectivity index (χ2n) is 5.03. The lowest BCUT2D eigenvalue weighted by molar-refractivity contribution is -0.385. The summed E-state index contributed by atoms with van der Waals surface area (Å²) in [4.78, 5) is 10.1. The number of hydrogen-bond acceptors (Lipinski definition) is 5. The van der Waals surface area contributed by atoms with Crippen molar-refractivity contribution in [3.8, 4) is 0 Å². The van der Waals surface area contributed by atoms with Gasteiger partial charge >= 0.3 is 0 Å². The molecule has 1 saturated heterocycles. The molecule has 0 bridgehead atoms. The Morgan fingerprint density at radius 3 is 2.86 bits per heavy atom. The van der Waals surface area contributed by atoms with E-state index in [-0.39, 0.29) is 23.2 Å². The first-order valence-electron chi connectivity index (χ1n) is 6.76. The molecule has 0 aromatic heterocycles. The molecule has 2 rings (SSSR count). The number of nitrogens with one attached hydrogen (secondary N) is 1. The van der Waals surface area contributed by atoms with Crippen LogP contribution < -0.4 is 4.72 Å². The van der Waals surface area contributed by atoms with Crippen molar-refractivity contribution >= 4 is 15.7 Å². The number of sulfonamides is 1. The molecule has 0 aliphatic carbocycles. The van der Waals surface area contributed by atoms with Gasteiger partial charge in [-0.05, 0) is 31.7 Å². The molecule has 1 heterocycles. The fraction of sp³-hybridized carbons (Fsp3) is 0.538. The van der Waals surface area contributed by atoms with Gasteiger partial charge in [0.25, 0.3) is 5.69 Å². The van der Waals surface area contributed by atoms with Crippen molar-refractivity contribution in [1.29, 1.82) is 0 Å². The van der Waals surface area contributed by atoms with Gasteiger partial charge in [0, 0.05) is 25.3 Å². The molecule has 1 aliphatic rings. The first kappa shape index (κ1) is 15.9. The number of nitro groups is 1. The van der Waals surface area contributed by atoms with E-state index in [9.17, 15) is 18.5 Å². The quantitative estimate of drug-likeness (QED) is 0.637. The number of aryl methyl sites for hydroxylation is 1. The van der Waals surface area contributed by atoms with Crippen LogP contribution in [0.3, 0.4) is 0 Å². The molecule has 0 radical (unpaired) electrons. The first-order valence-corrected chi connectivity index (χ1v) is 8.25. The summed E-state index contributed by atoms with van der Waals surface area (Å²) >= 11 is 0. The maximum Gasteiger partial charge on any atom is 0.270 e. The summed E-state index contributed by atoms with van der Waals surface area (Å²) in [6, 6.07) is 3.82. The third-order valence-corrected chi connectivity index (χ3v) is 5.06. The van der Waals surface area contributed by atoms with Crippen molar-refractivity contribution in [2.45, 2.75) is 37.2 Å². The summed E-state index contributed by atoms with van der Waals surface area (Å²) in [6.07, 6.45) is 2.64. The van der Waals surface area contributed by atoms with Crippen LogP contribution in [0, 0.1) is 17.0 Å². The van der Waals surface area contributed by atoms with Gasteiger partial charge in [-0.25, -0.2) is 13.1 Å². The minimum atomic E-state index is -3.75. The average molecular weight is 314 g/mol. The fourth-order valence-electron chi connectivity index (χ4n) is 2.30. The van der Waals surface area contributed by atoms with Gasteiger partial charge in [-0.1, -0.05) is 6.07 Å². The lowest BCUT2D eigenvalue weighted by atomic mass is 10.2. The Morgan fingerprint density at radius 2 is 2.24 bits per heavy atom. The van der Waals surface area contributed by atoms with Gasteiger partial charge in [-0.3, -0.25) is 10.1 Å². The zero-order chi connectivity index (χ0) is 15.5. The highest BCUT2D eigenvalue weighted by molar-refractivity contribution is 7.89. The Bertz CT molecular complexity index is 623. The summed E-state index contributed by atoms with van der Waals surface area (Å²) in [7, 11) is -3.75. The van der Waals surface area contributed by atoms with Crippen molar-refractivity contribution in [3.05, 3.63) is 33.9 Å². The molecule has 0 spiro atoms. The zero-order valence-electron chi connectivity index (χ0n) is 11.7. The summed E-state index contributed by atoms with van der Waals surface area (Å²) in [5.41, 5.74) is 0.241. The normalized spacial score (nSPS) is 18.8. The van der Waals surface area contributed by atoms with Gasteiger partial charge in [0.15, 0.2) is 0 Å². The van der Waals surface area contributed by atoms with E-state index in [1.165, 1.54) is 12.1 Å². The third kappa shape index (κ3) is 3.99. The molecule has 1 aliphatic heterocycles. The monoisotopic (exact) mass is 314 g/mol. The van der Waals surface area contributed by atoms with Crippen LogP contribution in [0.1, 0.15) is 24.8 Å².